The topological polar surface area (TPSA) is 56.0 Å². The van der Waals surface area contributed by atoms with Crippen LogP contribution in [-0.2, 0) is 5.33 Å². The number of hydrogen-bond acceptors (Lipinski definition) is 3. The Labute approximate surface area is 85.4 Å². The van der Waals surface area contributed by atoms with Gasteiger partial charge in [-0.3, -0.25) is 0 Å². The molecule has 0 bridgehead atoms. The third-order valence-corrected chi connectivity index (χ3v) is 2.47. The number of aromatic nitrogens is 1. The largest absolute Gasteiger partial charge is 0.363 e. The lowest BCUT2D eigenvalue weighted by atomic mass is 10.4. The van der Waals surface area contributed by atoms with Gasteiger partial charge in [0.05, 0.1) is 9.80 Å². The van der Waals surface area contributed by atoms with Gasteiger partial charge in [0.2, 0.25) is 0 Å². The minimum Gasteiger partial charge on any atom is -0.358 e. The Morgan fingerprint density at radius 3 is 2.75 bits per heavy atom. The highest BCUT2D eigenvalue weighted by molar-refractivity contribution is 9.10. The van der Waals surface area contributed by atoms with Crippen LogP contribution in [0.3, 0.4) is 0 Å². The standard InChI is InChI=1S/C6H4Br2N2O2/c7-3-5-4(8)1-2-6(9-5)10(11)12/h1-2H,3H2. The van der Waals surface area contributed by atoms with Gasteiger partial charge in [0.1, 0.15) is 0 Å². The number of halogens is 2. The van der Waals surface area contributed by atoms with Crippen LogP contribution in [0.25, 0.3) is 0 Å². The van der Waals surface area contributed by atoms with E-state index in [2.05, 4.69) is 36.8 Å². The molecule has 0 radical (unpaired) electrons. The Kier molecular flexibility index (Phi) is 3.16. The summed E-state index contributed by atoms with van der Waals surface area (Å²) in [7, 11) is 0. The van der Waals surface area contributed by atoms with Gasteiger partial charge >= 0.3 is 5.82 Å². The van der Waals surface area contributed by atoms with Gasteiger partial charge in [-0.2, -0.15) is 0 Å². The van der Waals surface area contributed by atoms with Crippen molar-refractivity contribution < 1.29 is 4.92 Å². The summed E-state index contributed by atoms with van der Waals surface area (Å²) in [6.45, 7) is 0. The second-order valence-corrected chi connectivity index (χ2v) is 3.40. The molecule has 1 rings (SSSR count). The SMILES string of the molecule is O=[N+]([O-])c1ccc(Br)c(CBr)n1. The lowest BCUT2D eigenvalue weighted by molar-refractivity contribution is -0.389. The first-order valence-electron chi connectivity index (χ1n) is 3.01. The lowest BCUT2D eigenvalue weighted by Crippen LogP contribution is -1.95. The quantitative estimate of drug-likeness (QED) is 0.479. The molecule has 0 aliphatic rings. The molecule has 1 aromatic rings. The Hall–Kier alpha value is -0.490. The van der Waals surface area contributed by atoms with Gasteiger partial charge in [0, 0.05) is 6.07 Å². The number of hydrogen-bond donors (Lipinski definition) is 0. The van der Waals surface area contributed by atoms with Crippen molar-refractivity contribution in [2.45, 2.75) is 5.33 Å². The molecule has 64 valence electrons. The van der Waals surface area contributed by atoms with E-state index in [1.807, 2.05) is 0 Å². The van der Waals surface area contributed by atoms with Crippen LogP contribution < -0.4 is 0 Å². The first-order valence-corrected chi connectivity index (χ1v) is 4.92. The molecule has 1 heterocycles. The summed E-state index contributed by atoms with van der Waals surface area (Å²) in [5, 5.41) is 10.8. The minimum atomic E-state index is -0.515. The minimum absolute atomic E-state index is 0.132. The summed E-state index contributed by atoms with van der Waals surface area (Å²) in [5.41, 5.74) is 0.629. The van der Waals surface area contributed by atoms with E-state index in [9.17, 15) is 10.1 Å². The summed E-state index contributed by atoms with van der Waals surface area (Å²) in [6, 6.07) is 2.97. The molecule has 12 heavy (non-hydrogen) atoms. The number of rotatable bonds is 2. The van der Waals surface area contributed by atoms with E-state index in [0.717, 1.165) is 4.47 Å². The second kappa shape index (κ2) is 3.95. The zero-order chi connectivity index (χ0) is 9.14. The Balaban J connectivity index is 3.13. The van der Waals surface area contributed by atoms with Crippen LogP contribution in [0.2, 0.25) is 0 Å². The third kappa shape index (κ3) is 2.01. The van der Waals surface area contributed by atoms with Crippen molar-refractivity contribution in [3.8, 4) is 0 Å². The maximum Gasteiger partial charge on any atom is 0.363 e. The van der Waals surface area contributed by atoms with Crippen molar-refractivity contribution in [1.82, 2.24) is 4.98 Å². The van der Waals surface area contributed by atoms with Crippen LogP contribution >= 0.6 is 31.9 Å². The van der Waals surface area contributed by atoms with Crippen LogP contribution in [-0.4, -0.2) is 9.91 Å². The molecule has 0 aliphatic carbocycles. The molecule has 0 spiro atoms. The number of nitro groups is 1. The summed E-state index contributed by atoms with van der Waals surface area (Å²) in [4.78, 5) is 13.6. The van der Waals surface area contributed by atoms with Gasteiger partial charge < -0.3 is 10.1 Å². The van der Waals surface area contributed by atoms with Gasteiger partial charge in [-0.1, -0.05) is 15.9 Å². The van der Waals surface area contributed by atoms with E-state index in [1.54, 1.807) is 6.07 Å². The first-order chi connectivity index (χ1) is 5.65. The second-order valence-electron chi connectivity index (χ2n) is 1.99. The molecule has 0 aliphatic heterocycles. The molecule has 0 aromatic carbocycles. The fourth-order valence-electron chi connectivity index (χ4n) is 0.668. The molecule has 1 aromatic heterocycles. The van der Waals surface area contributed by atoms with Crippen molar-refractivity contribution in [2.75, 3.05) is 0 Å². The van der Waals surface area contributed by atoms with Crippen molar-refractivity contribution in [2.24, 2.45) is 0 Å². The summed E-state index contributed by atoms with van der Waals surface area (Å²) in [6.07, 6.45) is 0. The Morgan fingerprint density at radius 2 is 2.25 bits per heavy atom. The molecule has 0 N–H and O–H groups in total. The predicted octanol–water partition coefficient (Wildman–Crippen LogP) is 2.65. The van der Waals surface area contributed by atoms with Gasteiger partial charge in [0.15, 0.2) is 5.69 Å². The van der Waals surface area contributed by atoms with Crippen molar-refractivity contribution in [3.63, 3.8) is 0 Å². The molecule has 0 fully saturated rings. The van der Waals surface area contributed by atoms with Crippen molar-refractivity contribution >= 4 is 37.7 Å². The summed E-state index contributed by atoms with van der Waals surface area (Å²) >= 11 is 6.40. The molecular weight excluding hydrogens is 292 g/mol. The lowest BCUT2D eigenvalue weighted by Gasteiger charge is -1.94. The van der Waals surface area contributed by atoms with Gasteiger partial charge in [-0.25, -0.2) is 0 Å². The fraction of sp³-hybridized carbons (Fsp3) is 0.167. The van der Waals surface area contributed by atoms with E-state index < -0.39 is 4.92 Å². The monoisotopic (exact) mass is 294 g/mol. The summed E-state index contributed by atoms with van der Waals surface area (Å²) < 4.78 is 0.768. The molecule has 0 atom stereocenters. The molecule has 0 saturated carbocycles. The smallest absolute Gasteiger partial charge is 0.358 e. The molecule has 0 saturated heterocycles. The molecule has 6 heteroatoms. The van der Waals surface area contributed by atoms with Crippen molar-refractivity contribution in [3.05, 3.63) is 32.4 Å². The summed E-state index contributed by atoms with van der Waals surface area (Å²) in [5.74, 6) is -0.132. The molecule has 4 nitrogen and oxygen atoms in total. The highest BCUT2D eigenvalue weighted by atomic mass is 79.9. The fourth-order valence-corrected chi connectivity index (χ4v) is 1.83. The van der Waals surface area contributed by atoms with Crippen LogP contribution in [0, 0.1) is 10.1 Å². The van der Waals surface area contributed by atoms with Crippen LogP contribution in [0.1, 0.15) is 5.69 Å². The maximum atomic E-state index is 10.3. The number of nitrogens with zero attached hydrogens (tertiary/aromatic N) is 2. The number of pyridine rings is 1. The third-order valence-electron chi connectivity index (χ3n) is 1.22. The highest BCUT2D eigenvalue weighted by Crippen LogP contribution is 2.20. The van der Waals surface area contributed by atoms with E-state index in [0.29, 0.717) is 11.0 Å². The first kappa shape index (κ1) is 9.60. The maximum absolute atomic E-state index is 10.3. The van der Waals surface area contributed by atoms with Gasteiger partial charge in [-0.15, -0.1) is 0 Å². The average Bonchev–Trinajstić information content (AvgIpc) is 2.05. The van der Waals surface area contributed by atoms with E-state index >= 15 is 0 Å². The van der Waals surface area contributed by atoms with Crippen molar-refractivity contribution in [1.29, 1.82) is 0 Å². The van der Waals surface area contributed by atoms with Crippen LogP contribution in [0.4, 0.5) is 5.82 Å². The molecular formula is C6H4Br2N2O2. The van der Waals surface area contributed by atoms with E-state index in [-0.39, 0.29) is 5.82 Å². The zero-order valence-electron chi connectivity index (χ0n) is 5.83. The van der Waals surface area contributed by atoms with Crippen LogP contribution in [0.15, 0.2) is 16.6 Å². The Bertz CT molecular complexity index is 316. The van der Waals surface area contributed by atoms with Gasteiger partial charge in [0.25, 0.3) is 0 Å². The zero-order valence-corrected chi connectivity index (χ0v) is 9.00. The molecule has 0 unspecified atom stereocenters. The Morgan fingerprint density at radius 1 is 1.58 bits per heavy atom. The van der Waals surface area contributed by atoms with Gasteiger partial charge in [-0.05, 0) is 31.9 Å². The molecule has 0 amide bonds. The van der Waals surface area contributed by atoms with E-state index in [4.69, 9.17) is 0 Å². The number of alkyl halides is 1. The normalized spacial score (nSPS) is 9.83. The van der Waals surface area contributed by atoms with E-state index in [1.165, 1.54) is 6.07 Å². The predicted molar refractivity (Wildman–Crippen MR) is 51.2 cm³/mol. The van der Waals surface area contributed by atoms with Crippen LogP contribution in [0.5, 0.6) is 0 Å². The average molecular weight is 296 g/mol. The highest BCUT2D eigenvalue weighted by Gasteiger charge is 2.11.